The second kappa shape index (κ2) is 8.80. The van der Waals surface area contributed by atoms with Gasteiger partial charge in [0.15, 0.2) is 6.61 Å². The predicted octanol–water partition coefficient (Wildman–Crippen LogP) is 2.45. The minimum Gasteiger partial charge on any atom is -0.482 e. The van der Waals surface area contributed by atoms with Crippen molar-refractivity contribution in [2.45, 2.75) is 25.1 Å². The lowest BCUT2D eigenvalue weighted by molar-refractivity contribution is -0.153. The van der Waals surface area contributed by atoms with Crippen LogP contribution in [0.15, 0.2) is 24.3 Å². The van der Waals surface area contributed by atoms with Gasteiger partial charge in [0.1, 0.15) is 5.75 Å². The third kappa shape index (κ3) is 6.69. The van der Waals surface area contributed by atoms with Gasteiger partial charge in [-0.1, -0.05) is 12.1 Å². The Hall–Kier alpha value is -2.16. The lowest BCUT2D eigenvalue weighted by atomic mass is 10.0. The molecule has 0 aromatic heterocycles. The van der Waals surface area contributed by atoms with Crippen molar-refractivity contribution in [3.63, 3.8) is 0 Å². The molecule has 0 radical (unpaired) electrons. The highest BCUT2D eigenvalue weighted by Crippen LogP contribution is 2.31. The first kappa shape index (κ1) is 19.2. The molecule has 1 amide bonds. The highest BCUT2D eigenvalue weighted by Gasteiger charge is 2.29. The van der Waals surface area contributed by atoms with Gasteiger partial charge in [0.05, 0.1) is 5.69 Å². The van der Waals surface area contributed by atoms with E-state index in [0.29, 0.717) is 31.9 Å². The third-order valence-electron chi connectivity index (χ3n) is 3.93. The number of carboxylic acid groups (broad SMARTS) is 1. The first-order valence-electron chi connectivity index (χ1n) is 8.09. The number of para-hydroxylation sites is 2. The zero-order chi connectivity index (χ0) is 18.3. The Morgan fingerprint density at radius 1 is 1.24 bits per heavy atom. The number of ether oxygens (including phenoxy) is 1. The molecule has 25 heavy (non-hydrogen) atoms. The fraction of sp³-hybridized carbons (Fsp3) is 0.562. The number of nitrogens with one attached hydrogen (secondary N) is 2. The molecular formula is C16H22F3N3O3. The summed E-state index contributed by atoms with van der Waals surface area (Å²) in [6.45, 7) is 0.956. The quantitative estimate of drug-likeness (QED) is 0.651. The molecule has 0 bridgehead atoms. The van der Waals surface area contributed by atoms with Gasteiger partial charge in [0.2, 0.25) is 0 Å². The molecule has 6 nitrogen and oxygen atoms in total. The van der Waals surface area contributed by atoms with E-state index in [4.69, 9.17) is 9.84 Å². The molecule has 1 aliphatic heterocycles. The molecule has 1 aliphatic rings. The molecule has 1 saturated heterocycles. The number of hydrogen-bond donors (Lipinski definition) is 3. The van der Waals surface area contributed by atoms with Crippen LogP contribution < -0.4 is 20.3 Å². The average Bonchev–Trinajstić information content (AvgIpc) is 2.57. The van der Waals surface area contributed by atoms with E-state index >= 15 is 0 Å². The monoisotopic (exact) mass is 361 g/mol. The summed E-state index contributed by atoms with van der Waals surface area (Å²) in [4.78, 5) is 12.4. The number of amides is 1. The van der Waals surface area contributed by atoms with Gasteiger partial charge in [-0.25, -0.2) is 4.79 Å². The maximum absolute atomic E-state index is 12.4. The van der Waals surface area contributed by atoms with Crippen molar-refractivity contribution >= 4 is 11.8 Å². The molecule has 1 heterocycles. The zero-order valence-electron chi connectivity index (χ0n) is 13.7. The van der Waals surface area contributed by atoms with Crippen molar-refractivity contribution in [2.24, 2.45) is 0 Å². The van der Waals surface area contributed by atoms with E-state index in [2.05, 4.69) is 10.6 Å². The Balaban J connectivity index is 1.83. The number of benzene rings is 1. The Morgan fingerprint density at radius 3 is 2.56 bits per heavy atom. The average molecular weight is 361 g/mol. The summed E-state index contributed by atoms with van der Waals surface area (Å²) in [5, 5.41) is 14.1. The largest absolute Gasteiger partial charge is 0.482 e. The van der Waals surface area contributed by atoms with E-state index < -0.39 is 18.9 Å². The highest BCUT2D eigenvalue weighted by molar-refractivity contribution is 5.64. The van der Waals surface area contributed by atoms with Crippen LogP contribution in [0, 0.1) is 0 Å². The smallest absolute Gasteiger partial charge is 0.422 e. The Kier molecular flexibility index (Phi) is 6.74. The first-order chi connectivity index (χ1) is 11.8. The van der Waals surface area contributed by atoms with Gasteiger partial charge in [0.25, 0.3) is 0 Å². The fourth-order valence-corrected chi connectivity index (χ4v) is 2.77. The Labute approximate surface area is 144 Å². The first-order valence-corrected chi connectivity index (χ1v) is 8.09. The number of carbonyl (C=O) groups is 1. The molecular weight excluding hydrogens is 339 g/mol. The van der Waals surface area contributed by atoms with E-state index in [1.54, 1.807) is 24.3 Å². The van der Waals surface area contributed by atoms with Gasteiger partial charge in [-0.3, -0.25) is 0 Å². The standard InChI is InChI=1S/C16H22F3N3O3/c17-16(18,19)11-25-14-4-2-1-3-13(14)22-9-5-12(6-10-22)20-7-8-21-15(23)24/h1-4,12,20-21H,5-11H2,(H,23,24). The summed E-state index contributed by atoms with van der Waals surface area (Å²) in [5.74, 6) is 0.233. The minimum absolute atomic E-state index is 0.233. The second-order valence-corrected chi connectivity index (χ2v) is 5.82. The van der Waals surface area contributed by atoms with Crippen LogP contribution in [0.5, 0.6) is 5.75 Å². The van der Waals surface area contributed by atoms with E-state index in [1.807, 2.05) is 4.90 Å². The third-order valence-corrected chi connectivity index (χ3v) is 3.93. The summed E-state index contributed by atoms with van der Waals surface area (Å²) in [7, 11) is 0. The van der Waals surface area contributed by atoms with E-state index in [0.717, 1.165) is 12.8 Å². The molecule has 2 rings (SSSR count). The topological polar surface area (TPSA) is 73.8 Å². The van der Waals surface area contributed by atoms with Crippen LogP contribution in [0.1, 0.15) is 12.8 Å². The normalized spacial score (nSPS) is 15.9. The van der Waals surface area contributed by atoms with Crippen LogP contribution in [0.2, 0.25) is 0 Å². The van der Waals surface area contributed by atoms with Gasteiger partial charge < -0.3 is 25.4 Å². The fourth-order valence-electron chi connectivity index (χ4n) is 2.77. The van der Waals surface area contributed by atoms with Crippen molar-refractivity contribution in [1.29, 1.82) is 0 Å². The maximum Gasteiger partial charge on any atom is 0.422 e. The van der Waals surface area contributed by atoms with Crippen LogP contribution >= 0.6 is 0 Å². The molecule has 0 spiro atoms. The maximum atomic E-state index is 12.4. The van der Waals surface area contributed by atoms with Crippen LogP contribution in [0.3, 0.4) is 0 Å². The van der Waals surface area contributed by atoms with Crippen LogP contribution in [-0.4, -0.2) is 56.2 Å². The minimum atomic E-state index is -4.37. The van der Waals surface area contributed by atoms with Crippen molar-refractivity contribution in [1.82, 2.24) is 10.6 Å². The molecule has 1 aromatic carbocycles. The molecule has 9 heteroatoms. The van der Waals surface area contributed by atoms with Gasteiger partial charge in [-0.15, -0.1) is 0 Å². The summed E-state index contributed by atoms with van der Waals surface area (Å²) >= 11 is 0. The van der Waals surface area contributed by atoms with Crippen molar-refractivity contribution in [3.8, 4) is 5.75 Å². The number of alkyl halides is 3. The Bertz CT molecular complexity index is 561. The highest BCUT2D eigenvalue weighted by atomic mass is 19.4. The number of halogens is 3. The number of hydrogen-bond acceptors (Lipinski definition) is 4. The molecule has 1 aromatic rings. The van der Waals surface area contributed by atoms with Gasteiger partial charge >= 0.3 is 12.3 Å². The molecule has 140 valence electrons. The van der Waals surface area contributed by atoms with Crippen molar-refractivity contribution in [2.75, 3.05) is 37.7 Å². The second-order valence-electron chi connectivity index (χ2n) is 5.82. The lowest BCUT2D eigenvalue weighted by Crippen LogP contribution is -2.44. The Morgan fingerprint density at radius 2 is 1.92 bits per heavy atom. The number of piperidine rings is 1. The summed E-state index contributed by atoms with van der Waals surface area (Å²) in [6.07, 6.45) is -3.78. The molecule has 3 N–H and O–H groups in total. The van der Waals surface area contributed by atoms with Crippen molar-refractivity contribution in [3.05, 3.63) is 24.3 Å². The van der Waals surface area contributed by atoms with Crippen LogP contribution in [0.25, 0.3) is 0 Å². The molecule has 0 saturated carbocycles. The lowest BCUT2D eigenvalue weighted by Gasteiger charge is -2.35. The number of nitrogens with zero attached hydrogens (tertiary/aromatic N) is 1. The van der Waals surface area contributed by atoms with Gasteiger partial charge in [-0.05, 0) is 25.0 Å². The predicted molar refractivity (Wildman–Crippen MR) is 87.3 cm³/mol. The summed E-state index contributed by atoms with van der Waals surface area (Å²) in [6, 6.07) is 6.99. The van der Waals surface area contributed by atoms with Crippen molar-refractivity contribution < 1.29 is 27.8 Å². The SMILES string of the molecule is O=C(O)NCCNC1CCN(c2ccccc2OCC(F)(F)F)CC1. The molecule has 1 fully saturated rings. The summed E-state index contributed by atoms with van der Waals surface area (Å²) < 4.78 is 42.1. The summed E-state index contributed by atoms with van der Waals surface area (Å²) in [5.41, 5.74) is 0.665. The van der Waals surface area contributed by atoms with Crippen LogP contribution in [0.4, 0.5) is 23.7 Å². The van der Waals surface area contributed by atoms with Gasteiger partial charge in [0, 0.05) is 32.2 Å². The zero-order valence-corrected chi connectivity index (χ0v) is 13.7. The van der Waals surface area contributed by atoms with E-state index in [1.165, 1.54) is 0 Å². The molecule has 0 aliphatic carbocycles. The molecule has 0 atom stereocenters. The number of rotatable bonds is 7. The van der Waals surface area contributed by atoms with Gasteiger partial charge in [-0.2, -0.15) is 13.2 Å². The van der Waals surface area contributed by atoms with E-state index in [-0.39, 0.29) is 11.8 Å². The van der Waals surface area contributed by atoms with Crippen LogP contribution in [-0.2, 0) is 0 Å². The molecule has 0 unspecified atom stereocenters. The van der Waals surface area contributed by atoms with E-state index in [9.17, 15) is 18.0 Å². The number of anilines is 1.